The maximum absolute atomic E-state index is 4.66. The van der Waals surface area contributed by atoms with Gasteiger partial charge < -0.3 is 5.32 Å². The molecule has 0 saturated heterocycles. The summed E-state index contributed by atoms with van der Waals surface area (Å²) in [6, 6.07) is 4.24. The van der Waals surface area contributed by atoms with E-state index < -0.39 is 0 Å². The quantitative estimate of drug-likeness (QED) is 0.778. The second-order valence-corrected chi connectivity index (χ2v) is 6.53. The predicted molar refractivity (Wildman–Crippen MR) is 92.4 cm³/mol. The van der Waals surface area contributed by atoms with Gasteiger partial charge in [-0.2, -0.15) is 5.10 Å². The SMILES string of the molecule is CCc1nn(CC)c(CC(NC)c2ccc(Br)cn2)c1Br. The van der Waals surface area contributed by atoms with E-state index in [1.165, 1.54) is 5.69 Å². The van der Waals surface area contributed by atoms with E-state index >= 15 is 0 Å². The minimum absolute atomic E-state index is 0.168. The molecule has 114 valence electrons. The lowest BCUT2D eigenvalue weighted by molar-refractivity contribution is 0.530. The van der Waals surface area contributed by atoms with Crippen molar-refractivity contribution in [3.63, 3.8) is 0 Å². The third-order valence-corrected chi connectivity index (χ3v) is 4.93. The fourth-order valence-electron chi connectivity index (χ4n) is 2.35. The number of pyridine rings is 1. The minimum Gasteiger partial charge on any atom is -0.311 e. The molecule has 1 atom stereocenters. The Balaban J connectivity index is 2.30. The first-order valence-electron chi connectivity index (χ1n) is 7.13. The third-order valence-electron chi connectivity index (χ3n) is 3.55. The van der Waals surface area contributed by atoms with E-state index in [1.807, 2.05) is 25.4 Å². The molecule has 0 aliphatic rings. The van der Waals surface area contributed by atoms with Crippen molar-refractivity contribution in [3.05, 3.63) is 44.4 Å². The molecule has 1 unspecified atom stereocenters. The fraction of sp³-hybridized carbons (Fsp3) is 0.467. The molecule has 6 heteroatoms. The molecular weight excluding hydrogens is 396 g/mol. The van der Waals surface area contributed by atoms with Crippen molar-refractivity contribution in [2.45, 2.75) is 39.3 Å². The molecule has 0 aliphatic heterocycles. The molecule has 21 heavy (non-hydrogen) atoms. The molecule has 1 N–H and O–H groups in total. The Bertz CT molecular complexity index is 592. The highest BCUT2D eigenvalue weighted by Crippen LogP contribution is 2.27. The van der Waals surface area contributed by atoms with Crippen LogP contribution in [0, 0.1) is 0 Å². The van der Waals surface area contributed by atoms with Crippen molar-refractivity contribution in [2.24, 2.45) is 0 Å². The van der Waals surface area contributed by atoms with Crippen LogP contribution in [0.15, 0.2) is 27.3 Å². The average Bonchev–Trinajstić information content (AvgIpc) is 2.81. The van der Waals surface area contributed by atoms with Crippen molar-refractivity contribution in [2.75, 3.05) is 7.05 Å². The van der Waals surface area contributed by atoms with Crippen molar-refractivity contribution < 1.29 is 0 Å². The Morgan fingerprint density at radius 3 is 2.57 bits per heavy atom. The molecule has 0 bridgehead atoms. The van der Waals surface area contributed by atoms with Crippen LogP contribution in [0.3, 0.4) is 0 Å². The monoisotopic (exact) mass is 414 g/mol. The summed E-state index contributed by atoms with van der Waals surface area (Å²) < 4.78 is 4.20. The van der Waals surface area contributed by atoms with Crippen LogP contribution in [0.25, 0.3) is 0 Å². The molecule has 0 amide bonds. The lowest BCUT2D eigenvalue weighted by atomic mass is 10.1. The van der Waals surface area contributed by atoms with Gasteiger partial charge in [-0.05, 0) is 64.4 Å². The van der Waals surface area contributed by atoms with Gasteiger partial charge in [-0.1, -0.05) is 6.92 Å². The summed E-state index contributed by atoms with van der Waals surface area (Å²) >= 11 is 7.13. The number of aromatic nitrogens is 3. The molecule has 2 aromatic rings. The lowest BCUT2D eigenvalue weighted by Crippen LogP contribution is -2.21. The van der Waals surface area contributed by atoms with Crippen LogP contribution in [0.1, 0.15) is 37.0 Å². The van der Waals surface area contributed by atoms with Crippen LogP contribution in [-0.2, 0) is 19.4 Å². The van der Waals surface area contributed by atoms with Crippen LogP contribution in [0.4, 0.5) is 0 Å². The van der Waals surface area contributed by atoms with Gasteiger partial charge in [0.15, 0.2) is 0 Å². The first-order chi connectivity index (χ1) is 10.1. The maximum atomic E-state index is 4.66. The van der Waals surface area contributed by atoms with Crippen LogP contribution in [-0.4, -0.2) is 21.8 Å². The summed E-state index contributed by atoms with van der Waals surface area (Å²) in [6.45, 7) is 5.12. The smallest absolute Gasteiger partial charge is 0.0766 e. The number of hydrogen-bond donors (Lipinski definition) is 1. The summed E-state index contributed by atoms with van der Waals surface area (Å²) in [4.78, 5) is 4.50. The molecule has 2 aromatic heterocycles. The number of hydrogen-bond acceptors (Lipinski definition) is 3. The molecule has 0 aliphatic carbocycles. The molecule has 0 fully saturated rings. The normalized spacial score (nSPS) is 12.6. The van der Waals surface area contributed by atoms with Gasteiger partial charge >= 0.3 is 0 Å². The summed E-state index contributed by atoms with van der Waals surface area (Å²) in [5.41, 5.74) is 3.37. The standard InChI is InChI=1S/C15H20Br2N4/c1-4-11-15(17)14(21(5-2)20-11)8-13(18-3)12-7-6-10(16)9-19-12/h6-7,9,13,18H,4-5,8H2,1-3H3. The van der Waals surface area contributed by atoms with E-state index in [4.69, 9.17) is 0 Å². The zero-order valence-electron chi connectivity index (χ0n) is 12.5. The predicted octanol–water partition coefficient (Wildman–Crippen LogP) is 3.89. The van der Waals surface area contributed by atoms with Crippen molar-refractivity contribution in [3.8, 4) is 0 Å². The van der Waals surface area contributed by atoms with Gasteiger partial charge in [0.2, 0.25) is 0 Å². The van der Waals surface area contributed by atoms with Gasteiger partial charge in [0.05, 0.1) is 27.6 Å². The van der Waals surface area contributed by atoms with Crippen LogP contribution >= 0.6 is 31.9 Å². The van der Waals surface area contributed by atoms with E-state index in [2.05, 4.69) is 65.8 Å². The summed E-state index contributed by atoms with van der Waals surface area (Å²) in [7, 11) is 1.97. The molecule has 2 heterocycles. The number of halogens is 2. The zero-order chi connectivity index (χ0) is 15.4. The minimum atomic E-state index is 0.168. The van der Waals surface area contributed by atoms with Gasteiger partial charge in [-0.25, -0.2) is 0 Å². The molecule has 4 nitrogen and oxygen atoms in total. The highest BCUT2D eigenvalue weighted by Gasteiger charge is 2.19. The van der Waals surface area contributed by atoms with E-state index in [-0.39, 0.29) is 6.04 Å². The Hall–Kier alpha value is -0.720. The van der Waals surface area contributed by atoms with Gasteiger partial charge in [-0.15, -0.1) is 0 Å². The van der Waals surface area contributed by atoms with Crippen molar-refractivity contribution >= 4 is 31.9 Å². The van der Waals surface area contributed by atoms with Crippen molar-refractivity contribution in [1.29, 1.82) is 0 Å². The van der Waals surface area contributed by atoms with Gasteiger partial charge in [-0.3, -0.25) is 9.67 Å². The third kappa shape index (κ3) is 3.73. The summed E-state index contributed by atoms with van der Waals surface area (Å²) in [5.74, 6) is 0. The molecular formula is C15H20Br2N4. The Kier molecular flexibility index (Phi) is 5.96. The van der Waals surface area contributed by atoms with Gasteiger partial charge in [0.1, 0.15) is 0 Å². The topological polar surface area (TPSA) is 42.7 Å². The number of aryl methyl sites for hydroxylation is 2. The molecule has 0 aromatic carbocycles. The van der Waals surface area contributed by atoms with E-state index in [1.54, 1.807) is 0 Å². The molecule has 0 saturated carbocycles. The number of nitrogens with zero attached hydrogens (tertiary/aromatic N) is 3. The Labute approximate surface area is 142 Å². The zero-order valence-corrected chi connectivity index (χ0v) is 15.7. The first-order valence-corrected chi connectivity index (χ1v) is 8.72. The maximum Gasteiger partial charge on any atom is 0.0766 e. The molecule has 0 spiro atoms. The Morgan fingerprint density at radius 2 is 2.05 bits per heavy atom. The van der Waals surface area contributed by atoms with Gasteiger partial charge in [0.25, 0.3) is 0 Å². The first kappa shape index (κ1) is 16.6. The Morgan fingerprint density at radius 1 is 1.29 bits per heavy atom. The van der Waals surface area contributed by atoms with E-state index in [0.29, 0.717) is 0 Å². The lowest BCUT2D eigenvalue weighted by Gasteiger charge is -2.16. The molecule has 2 rings (SSSR count). The number of likely N-dealkylation sites (N-methyl/N-ethyl adjacent to an activating group) is 1. The second kappa shape index (κ2) is 7.51. The summed E-state index contributed by atoms with van der Waals surface area (Å²) in [6.07, 6.45) is 3.62. The largest absolute Gasteiger partial charge is 0.311 e. The van der Waals surface area contributed by atoms with Gasteiger partial charge in [0, 0.05) is 23.6 Å². The summed E-state index contributed by atoms with van der Waals surface area (Å²) in [5, 5.41) is 8.01. The van der Waals surface area contributed by atoms with Crippen LogP contribution in [0.2, 0.25) is 0 Å². The van der Waals surface area contributed by atoms with Crippen LogP contribution in [0.5, 0.6) is 0 Å². The highest BCUT2D eigenvalue weighted by atomic mass is 79.9. The number of nitrogens with one attached hydrogen (secondary N) is 1. The average molecular weight is 416 g/mol. The highest BCUT2D eigenvalue weighted by molar-refractivity contribution is 9.10. The fourth-order valence-corrected chi connectivity index (χ4v) is 3.31. The molecule has 0 radical (unpaired) electrons. The second-order valence-electron chi connectivity index (χ2n) is 4.82. The number of rotatable bonds is 6. The van der Waals surface area contributed by atoms with Crippen LogP contribution < -0.4 is 5.32 Å². The van der Waals surface area contributed by atoms with Crippen molar-refractivity contribution in [1.82, 2.24) is 20.1 Å². The van der Waals surface area contributed by atoms with E-state index in [9.17, 15) is 0 Å². The van der Waals surface area contributed by atoms with E-state index in [0.717, 1.165) is 39.7 Å².